The van der Waals surface area contributed by atoms with Crippen LogP contribution in [0.15, 0.2) is 53.2 Å². The molecule has 0 spiro atoms. The lowest BCUT2D eigenvalue weighted by Crippen LogP contribution is -2.46. The number of anilines is 3. The molecule has 4 rings (SSSR count). The van der Waals surface area contributed by atoms with Gasteiger partial charge in [-0.25, -0.2) is 4.98 Å². The van der Waals surface area contributed by atoms with Crippen molar-refractivity contribution in [3.63, 3.8) is 0 Å². The highest BCUT2D eigenvalue weighted by Gasteiger charge is 2.19. The van der Waals surface area contributed by atoms with Crippen molar-refractivity contribution in [3.05, 3.63) is 60.0 Å². The van der Waals surface area contributed by atoms with E-state index in [0.717, 1.165) is 37.7 Å². The van der Waals surface area contributed by atoms with Gasteiger partial charge in [-0.05, 0) is 43.3 Å². The molecule has 2 aromatic heterocycles. The molecule has 0 radical (unpaired) electrons. The second-order valence-electron chi connectivity index (χ2n) is 6.85. The maximum Gasteiger partial charge on any atom is 0.258 e. The summed E-state index contributed by atoms with van der Waals surface area (Å²) >= 11 is 0. The zero-order chi connectivity index (χ0) is 20.2. The average molecular weight is 393 g/mol. The summed E-state index contributed by atoms with van der Waals surface area (Å²) in [6.45, 7) is 5.31. The molecule has 150 valence electrons. The fourth-order valence-electron chi connectivity index (χ4n) is 3.31. The van der Waals surface area contributed by atoms with Gasteiger partial charge in [0.2, 0.25) is 0 Å². The van der Waals surface area contributed by atoms with Crippen LogP contribution in [-0.4, -0.2) is 49.3 Å². The van der Waals surface area contributed by atoms with Crippen LogP contribution in [0.25, 0.3) is 0 Å². The quantitative estimate of drug-likeness (QED) is 0.713. The number of nitrogens with zero attached hydrogens (tertiary/aromatic N) is 4. The molecule has 8 nitrogen and oxygen atoms in total. The molecule has 1 N–H and O–H groups in total. The van der Waals surface area contributed by atoms with Gasteiger partial charge in [-0.3, -0.25) is 4.79 Å². The lowest BCUT2D eigenvalue weighted by atomic mass is 10.2. The lowest BCUT2D eigenvalue weighted by molar-refractivity contribution is 0.102. The summed E-state index contributed by atoms with van der Waals surface area (Å²) in [4.78, 5) is 21.3. The van der Waals surface area contributed by atoms with Crippen molar-refractivity contribution in [2.75, 3.05) is 48.4 Å². The summed E-state index contributed by atoms with van der Waals surface area (Å²) in [6, 6.07) is 13.4. The van der Waals surface area contributed by atoms with Crippen LogP contribution >= 0.6 is 0 Å². The molecule has 1 amide bonds. The minimum Gasteiger partial charge on any atom is -0.497 e. The number of aromatic nitrogens is 2. The molecular weight excluding hydrogens is 370 g/mol. The largest absolute Gasteiger partial charge is 0.497 e. The highest BCUT2D eigenvalue weighted by Crippen LogP contribution is 2.22. The van der Waals surface area contributed by atoms with Gasteiger partial charge in [-0.1, -0.05) is 5.16 Å². The standard InChI is InChI=1S/C21H23N5O3/c1-15-13-19(24-29-15)23-21(27)16-3-8-20(22-14-16)26-11-9-25(10-12-26)17-4-6-18(28-2)7-5-17/h3-8,13-14H,9-12H2,1-2H3,(H,23,24,27). The number of methoxy groups -OCH3 is 1. The Morgan fingerprint density at radius 2 is 1.79 bits per heavy atom. The normalized spacial score (nSPS) is 14.0. The van der Waals surface area contributed by atoms with Gasteiger partial charge in [0.25, 0.3) is 5.91 Å². The molecule has 29 heavy (non-hydrogen) atoms. The number of rotatable bonds is 5. The van der Waals surface area contributed by atoms with Gasteiger partial charge in [0, 0.05) is 44.1 Å². The van der Waals surface area contributed by atoms with Crippen molar-refractivity contribution in [2.45, 2.75) is 6.92 Å². The minimum absolute atomic E-state index is 0.262. The van der Waals surface area contributed by atoms with E-state index in [1.807, 2.05) is 18.2 Å². The van der Waals surface area contributed by atoms with Crippen LogP contribution in [0.5, 0.6) is 5.75 Å². The van der Waals surface area contributed by atoms with E-state index in [9.17, 15) is 4.79 Å². The first-order valence-electron chi connectivity index (χ1n) is 9.47. The third-order valence-corrected chi connectivity index (χ3v) is 4.92. The molecule has 0 aliphatic carbocycles. The van der Waals surface area contributed by atoms with E-state index < -0.39 is 0 Å². The van der Waals surface area contributed by atoms with Crippen LogP contribution in [0.1, 0.15) is 16.1 Å². The number of ether oxygens (including phenoxy) is 1. The van der Waals surface area contributed by atoms with Gasteiger partial charge in [-0.15, -0.1) is 0 Å². The highest BCUT2D eigenvalue weighted by molar-refractivity contribution is 6.03. The fraction of sp³-hybridized carbons (Fsp3) is 0.286. The van der Waals surface area contributed by atoms with Crippen molar-refractivity contribution in [3.8, 4) is 5.75 Å². The third-order valence-electron chi connectivity index (χ3n) is 4.92. The number of aryl methyl sites for hydroxylation is 1. The average Bonchev–Trinajstić information content (AvgIpc) is 3.18. The molecule has 0 saturated carbocycles. The van der Waals surface area contributed by atoms with Crippen LogP contribution < -0.4 is 19.9 Å². The van der Waals surface area contributed by atoms with E-state index in [4.69, 9.17) is 9.26 Å². The molecule has 0 bridgehead atoms. The summed E-state index contributed by atoms with van der Waals surface area (Å²) in [6.07, 6.45) is 1.59. The number of pyridine rings is 1. The Labute approximate surface area is 169 Å². The predicted molar refractivity (Wildman–Crippen MR) is 111 cm³/mol. The Morgan fingerprint density at radius 1 is 1.07 bits per heavy atom. The van der Waals surface area contributed by atoms with Gasteiger partial charge < -0.3 is 24.4 Å². The van der Waals surface area contributed by atoms with E-state index in [1.165, 1.54) is 5.69 Å². The van der Waals surface area contributed by atoms with Crippen molar-refractivity contribution in [2.24, 2.45) is 0 Å². The minimum atomic E-state index is -0.262. The molecular formula is C21H23N5O3. The maximum atomic E-state index is 12.3. The van der Waals surface area contributed by atoms with Crippen molar-refractivity contribution >= 4 is 23.2 Å². The molecule has 1 aliphatic rings. The summed E-state index contributed by atoms with van der Waals surface area (Å²) in [5.74, 6) is 2.50. The molecule has 1 saturated heterocycles. The zero-order valence-corrected chi connectivity index (χ0v) is 16.5. The van der Waals surface area contributed by atoms with Gasteiger partial charge in [0.05, 0.1) is 12.7 Å². The van der Waals surface area contributed by atoms with Crippen LogP contribution in [0.3, 0.4) is 0 Å². The number of carbonyl (C=O) groups excluding carboxylic acids is 1. The van der Waals surface area contributed by atoms with E-state index in [1.54, 1.807) is 32.4 Å². The van der Waals surface area contributed by atoms with E-state index in [-0.39, 0.29) is 5.91 Å². The third kappa shape index (κ3) is 4.31. The van der Waals surface area contributed by atoms with Crippen molar-refractivity contribution in [1.29, 1.82) is 0 Å². The molecule has 1 fully saturated rings. The lowest BCUT2D eigenvalue weighted by Gasteiger charge is -2.36. The second kappa shape index (κ2) is 8.22. The van der Waals surface area contributed by atoms with E-state index in [0.29, 0.717) is 17.1 Å². The predicted octanol–water partition coefficient (Wildman–Crippen LogP) is 2.97. The van der Waals surface area contributed by atoms with Gasteiger partial charge in [0.15, 0.2) is 5.82 Å². The number of hydrogen-bond donors (Lipinski definition) is 1. The molecule has 0 unspecified atom stereocenters. The molecule has 3 aromatic rings. The summed E-state index contributed by atoms with van der Waals surface area (Å²) in [5.41, 5.74) is 1.67. The highest BCUT2D eigenvalue weighted by atomic mass is 16.5. The number of hydrogen-bond acceptors (Lipinski definition) is 7. The summed E-state index contributed by atoms with van der Waals surface area (Å²) in [7, 11) is 1.67. The van der Waals surface area contributed by atoms with Crippen LogP contribution in [0.2, 0.25) is 0 Å². The van der Waals surface area contributed by atoms with Crippen LogP contribution in [0, 0.1) is 6.92 Å². The number of amides is 1. The van der Waals surface area contributed by atoms with Crippen molar-refractivity contribution < 1.29 is 14.1 Å². The maximum absolute atomic E-state index is 12.3. The van der Waals surface area contributed by atoms with Gasteiger partial charge in [-0.2, -0.15) is 0 Å². The Hall–Kier alpha value is -3.55. The number of benzene rings is 1. The Bertz CT molecular complexity index is 961. The Morgan fingerprint density at radius 3 is 2.38 bits per heavy atom. The van der Waals surface area contributed by atoms with E-state index >= 15 is 0 Å². The first-order chi connectivity index (χ1) is 14.1. The van der Waals surface area contributed by atoms with Crippen LogP contribution in [-0.2, 0) is 0 Å². The summed E-state index contributed by atoms with van der Waals surface area (Å²) in [5, 5.41) is 6.46. The van der Waals surface area contributed by atoms with Gasteiger partial charge in [0.1, 0.15) is 17.3 Å². The Balaban J connectivity index is 1.34. The number of nitrogens with one attached hydrogen (secondary N) is 1. The second-order valence-corrected chi connectivity index (χ2v) is 6.85. The monoisotopic (exact) mass is 393 g/mol. The molecule has 8 heteroatoms. The molecule has 1 aromatic carbocycles. The zero-order valence-electron chi connectivity index (χ0n) is 16.5. The molecule has 0 atom stereocenters. The SMILES string of the molecule is COc1ccc(N2CCN(c3ccc(C(=O)Nc4cc(C)on4)cn3)CC2)cc1. The first-order valence-corrected chi connectivity index (χ1v) is 9.47. The fourth-order valence-corrected chi connectivity index (χ4v) is 3.31. The molecule has 3 heterocycles. The first kappa shape index (κ1) is 18.8. The van der Waals surface area contributed by atoms with Crippen LogP contribution in [0.4, 0.5) is 17.3 Å². The Kier molecular flexibility index (Phi) is 5.33. The van der Waals surface area contributed by atoms with E-state index in [2.05, 4.69) is 37.4 Å². The smallest absolute Gasteiger partial charge is 0.258 e. The van der Waals surface area contributed by atoms with Crippen molar-refractivity contribution in [1.82, 2.24) is 10.1 Å². The molecule has 1 aliphatic heterocycles. The van der Waals surface area contributed by atoms with Gasteiger partial charge >= 0.3 is 0 Å². The topological polar surface area (TPSA) is 83.7 Å². The summed E-state index contributed by atoms with van der Waals surface area (Å²) < 4.78 is 10.2. The number of piperazine rings is 1. The number of carbonyl (C=O) groups is 1.